The molecule has 1 aliphatic carbocycles. The van der Waals surface area contributed by atoms with Crippen molar-refractivity contribution in [2.24, 2.45) is 0 Å². The Balaban J connectivity index is 2.49. The van der Waals surface area contributed by atoms with E-state index < -0.39 is 10.0 Å². The van der Waals surface area contributed by atoms with Crippen LogP contribution in [0.15, 0.2) is 17.0 Å². The summed E-state index contributed by atoms with van der Waals surface area (Å²) in [5.74, 6) is 0. The second-order valence-electron chi connectivity index (χ2n) is 4.66. The molecule has 0 aliphatic heterocycles. The van der Waals surface area contributed by atoms with Gasteiger partial charge in [-0.15, -0.1) is 0 Å². The van der Waals surface area contributed by atoms with Crippen LogP contribution in [0.3, 0.4) is 0 Å². The highest BCUT2D eigenvalue weighted by molar-refractivity contribution is 7.89. The Morgan fingerprint density at radius 2 is 1.84 bits per heavy atom. The first kappa shape index (κ1) is 14.9. The lowest BCUT2D eigenvalue weighted by Gasteiger charge is -2.22. The van der Waals surface area contributed by atoms with Gasteiger partial charge in [-0.2, -0.15) is 4.31 Å². The normalized spacial score (nSPS) is 16.0. The number of hydrogen-bond acceptors (Lipinski definition) is 3. The number of rotatable bonds is 5. The molecule has 1 aliphatic rings. The Hall–Kier alpha value is -0.490. The molecule has 0 amide bonds. The van der Waals surface area contributed by atoms with Crippen LogP contribution in [0.4, 0.5) is 5.69 Å². The first-order valence-corrected chi connectivity index (χ1v) is 8.34. The molecule has 1 aromatic carbocycles. The Bertz CT molecular complexity index is 562. The molecule has 0 heterocycles. The van der Waals surface area contributed by atoms with Crippen LogP contribution in [-0.2, 0) is 10.0 Å². The van der Waals surface area contributed by atoms with Gasteiger partial charge in [-0.1, -0.05) is 30.1 Å². The van der Waals surface area contributed by atoms with Crippen molar-refractivity contribution < 1.29 is 8.42 Å². The lowest BCUT2D eigenvalue weighted by Crippen LogP contribution is -2.34. The summed E-state index contributed by atoms with van der Waals surface area (Å²) in [4.78, 5) is -0.0367. The highest BCUT2D eigenvalue weighted by atomic mass is 35.5. The van der Waals surface area contributed by atoms with Crippen LogP contribution < -0.4 is 5.73 Å². The standard InChI is InChI=1S/C12H16Cl2N2O2S/c1-2-5-16(9-3-4-9)19(17,18)12-10(13)6-8(15)7-11(12)14/h6-7,9H,2-5,15H2,1H3. The van der Waals surface area contributed by atoms with E-state index in [2.05, 4.69) is 0 Å². The number of sulfonamides is 1. The smallest absolute Gasteiger partial charge is 0.246 e. The van der Waals surface area contributed by atoms with Crippen LogP contribution in [0.25, 0.3) is 0 Å². The van der Waals surface area contributed by atoms with Gasteiger partial charge >= 0.3 is 0 Å². The zero-order valence-corrected chi connectivity index (χ0v) is 12.9. The molecule has 0 bridgehead atoms. The molecule has 4 nitrogen and oxygen atoms in total. The topological polar surface area (TPSA) is 63.4 Å². The van der Waals surface area contributed by atoms with Gasteiger partial charge < -0.3 is 5.73 Å². The van der Waals surface area contributed by atoms with Gasteiger partial charge in [0.2, 0.25) is 10.0 Å². The van der Waals surface area contributed by atoms with Crippen LogP contribution in [0, 0.1) is 0 Å². The first-order valence-electron chi connectivity index (χ1n) is 6.14. The third-order valence-corrected chi connectivity index (χ3v) is 5.86. The van der Waals surface area contributed by atoms with E-state index in [9.17, 15) is 8.42 Å². The van der Waals surface area contributed by atoms with Crippen LogP contribution in [0.2, 0.25) is 10.0 Å². The molecule has 106 valence electrons. The molecular formula is C12H16Cl2N2O2S. The third-order valence-electron chi connectivity index (χ3n) is 2.99. The molecule has 0 unspecified atom stereocenters. The zero-order chi connectivity index (χ0) is 14.2. The average Bonchev–Trinajstić information content (AvgIpc) is 3.07. The van der Waals surface area contributed by atoms with Crippen molar-refractivity contribution in [1.82, 2.24) is 4.31 Å². The van der Waals surface area contributed by atoms with Crippen LogP contribution >= 0.6 is 23.2 Å². The highest BCUT2D eigenvalue weighted by Gasteiger charge is 2.39. The number of hydrogen-bond donors (Lipinski definition) is 1. The number of halogens is 2. The maximum absolute atomic E-state index is 12.7. The summed E-state index contributed by atoms with van der Waals surface area (Å²) in [6.45, 7) is 2.42. The fourth-order valence-electron chi connectivity index (χ4n) is 2.03. The number of anilines is 1. The minimum Gasteiger partial charge on any atom is -0.399 e. The van der Waals surface area contributed by atoms with Gasteiger partial charge in [0, 0.05) is 18.3 Å². The molecule has 1 aromatic rings. The average molecular weight is 323 g/mol. The largest absolute Gasteiger partial charge is 0.399 e. The van der Waals surface area contributed by atoms with Crippen molar-refractivity contribution in [3.8, 4) is 0 Å². The summed E-state index contributed by atoms with van der Waals surface area (Å²) < 4.78 is 26.8. The van der Waals surface area contributed by atoms with Crippen LogP contribution in [-0.4, -0.2) is 25.3 Å². The quantitative estimate of drug-likeness (QED) is 0.847. The minimum atomic E-state index is -3.66. The van der Waals surface area contributed by atoms with E-state index in [0.717, 1.165) is 19.3 Å². The summed E-state index contributed by atoms with van der Waals surface area (Å²) in [7, 11) is -3.66. The molecule has 7 heteroatoms. The molecule has 1 fully saturated rings. The third kappa shape index (κ3) is 2.99. The number of nitrogens with zero attached hydrogens (tertiary/aromatic N) is 1. The Morgan fingerprint density at radius 3 is 2.26 bits per heavy atom. The molecule has 2 rings (SSSR count). The van der Waals surface area contributed by atoms with E-state index in [1.54, 1.807) is 0 Å². The van der Waals surface area contributed by atoms with Gasteiger partial charge in [-0.3, -0.25) is 0 Å². The number of nitrogens with two attached hydrogens (primary N) is 1. The van der Waals surface area contributed by atoms with Crippen molar-refractivity contribution in [3.05, 3.63) is 22.2 Å². The molecule has 0 aromatic heterocycles. The Kier molecular flexibility index (Phi) is 4.30. The number of benzene rings is 1. The SMILES string of the molecule is CCCN(C1CC1)S(=O)(=O)c1c(Cl)cc(N)cc1Cl. The maximum atomic E-state index is 12.7. The summed E-state index contributed by atoms with van der Waals surface area (Å²) in [6.07, 6.45) is 2.53. The van der Waals surface area contributed by atoms with Crippen LogP contribution in [0.5, 0.6) is 0 Å². The van der Waals surface area contributed by atoms with E-state index in [4.69, 9.17) is 28.9 Å². The van der Waals surface area contributed by atoms with E-state index in [0.29, 0.717) is 12.2 Å². The molecule has 0 spiro atoms. The van der Waals surface area contributed by atoms with Crippen molar-refractivity contribution in [2.45, 2.75) is 37.1 Å². The molecule has 0 radical (unpaired) electrons. The zero-order valence-electron chi connectivity index (χ0n) is 10.6. The second-order valence-corrected chi connectivity index (χ2v) is 7.30. The lowest BCUT2D eigenvalue weighted by molar-refractivity contribution is 0.403. The fourth-order valence-corrected chi connectivity index (χ4v) is 4.99. The molecule has 0 saturated heterocycles. The Labute approximate surface area is 123 Å². The first-order chi connectivity index (χ1) is 8.87. The van der Waals surface area contributed by atoms with Gasteiger partial charge in [0.05, 0.1) is 10.0 Å². The van der Waals surface area contributed by atoms with E-state index >= 15 is 0 Å². The van der Waals surface area contributed by atoms with Gasteiger partial charge in [-0.25, -0.2) is 8.42 Å². The van der Waals surface area contributed by atoms with Gasteiger partial charge in [0.25, 0.3) is 0 Å². The fraction of sp³-hybridized carbons (Fsp3) is 0.500. The van der Waals surface area contributed by atoms with Crippen molar-refractivity contribution in [2.75, 3.05) is 12.3 Å². The summed E-state index contributed by atoms with van der Waals surface area (Å²) in [6, 6.07) is 2.91. The second kappa shape index (κ2) is 5.48. The minimum absolute atomic E-state index is 0.0367. The van der Waals surface area contributed by atoms with Crippen LogP contribution in [0.1, 0.15) is 26.2 Å². The maximum Gasteiger partial charge on any atom is 0.246 e. The predicted octanol–water partition coefficient (Wildman–Crippen LogP) is 3.14. The van der Waals surface area contributed by atoms with Crippen molar-refractivity contribution >= 4 is 38.9 Å². The highest BCUT2D eigenvalue weighted by Crippen LogP contribution is 2.38. The Morgan fingerprint density at radius 1 is 1.32 bits per heavy atom. The van der Waals surface area contributed by atoms with E-state index in [-0.39, 0.29) is 21.0 Å². The van der Waals surface area contributed by atoms with E-state index in [1.807, 2.05) is 6.92 Å². The molecular weight excluding hydrogens is 307 g/mol. The monoisotopic (exact) mass is 322 g/mol. The van der Waals surface area contributed by atoms with Gasteiger partial charge in [-0.05, 0) is 31.4 Å². The molecule has 19 heavy (non-hydrogen) atoms. The van der Waals surface area contributed by atoms with Gasteiger partial charge in [0.15, 0.2) is 0 Å². The summed E-state index contributed by atoms with van der Waals surface area (Å²) in [5.41, 5.74) is 5.95. The van der Waals surface area contributed by atoms with Crippen molar-refractivity contribution in [1.29, 1.82) is 0 Å². The lowest BCUT2D eigenvalue weighted by atomic mass is 10.3. The predicted molar refractivity (Wildman–Crippen MR) is 78.1 cm³/mol. The summed E-state index contributed by atoms with van der Waals surface area (Å²) in [5, 5.41) is 0.151. The summed E-state index contributed by atoms with van der Waals surface area (Å²) >= 11 is 12.0. The van der Waals surface area contributed by atoms with Crippen molar-refractivity contribution in [3.63, 3.8) is 0 Å². The van der Waals surface area contributed by atoms with E-state index in [1.165, 1.54) is 16.4 Å². The number of nitrogen functional groups attached to an aromatic ring is 1. The molecule has 0 atom stereocenters. The molecule has 2 N–H and O–H groups in total. The molecule has 1 saturated carbocycles. The van der Waals surface area contributed by atoms with Gasteiger partial charge in [0.1, 0.15) is 4.90 Å².